The smallest absolute Gasteiger partial charge is 0.241 e. The number of anilines is 2. The first-order valence-electron chi connectivity index (χ1n) is 9.87. The van der Waals surface area contributed by atoms with Crippen molar-refractivity contribution in [2.45, 2.75) is 44.6 Å². The van der Waals surface area contributed by atoms with Crippen molar-refractivity contribution in [2.24, 2.45) is 5.92 Å². The molecule has 0 aromatic heterocycles. The lowest BCUT2D eigenvalue weighted by Gasteiger charge is -2.20. The molecule has 1 saturated heterocycles. The van der Waals surface area contributed by atoms with Crippen molar-refractivity contribution in [1.29, 1.82) is 0 Å². The maximum atomic E-state index is 12.7. The molecule has 1 aliphatic heterocycles. The second-order valence-corrected chi connectivity index (χ2v) is 10.8. The van der Waals surface area contributed by atoms with E-state index in [1.807, 2.05) is 19.1 Å². The molecule has 0 radical (unpaired) electrons. The number of nitrogens with zero attached hydrogens (tertiary/aromatic N) is 1. The minimum Gasteiger partial charge on any atom is -0.326 e. The van der Waals surface area contributed by atoms with Crippen LogP contribution >= 0.6 is 11.6 Å². The highest BCUT2D eigenvalue weighted by atomic mass is 35.5. The highest BCUT2D eigenvalue weighted by molar-refractivity contribution is 7.89. The molecular weight excluding hydrogens is 438 g/mol. The van der Waals surface area contributed by atoms with Crippen LogP contribution in [-0.4, -0.2) is 32.3 Å². The Morgan fingerprint density at radius 2 is 1.77 bits per heavy atom. The number of hydrogen-bond acceptors (Lipinski definition) is 4. The molecule has 2 amide bonds. The molecule has 1 fully saturated rings. The van der Waals surface area contributed by atoms with E-state index >= 15 is 0 Å². The minimum absolute atomic E-state index is 0.0965. The van der Waals surface area contributed by atoms with Crippen molar-refractivity contribution in [1.82, 2.24) is 4.72 Å². The molecule has 9 heteroatoms. The Labute approximate surface area is 187 Å². The summed E-state index contributed by atoms with van der Waals surface area (Å²) in [5.41, 5.74) is 1.43. The molecule has 1 unspecified atom stereocenters. The first-order chi connectivity index (χ1) is 14.4. The fraction of sp³-hybridized carbons (Fsp3) is 0.364. The maximum absolute atomic E-state index is 12.7. The van der Waals surface area contributed by atoms with Gasteiger partial charge in [0, 0.05) is 34.9 Å². The average Bonchev–Trinajstić information content (AvgIpc) is 3.04. The standard InChI is InChI=1S/C22H26ClN3O4S/c1-14-5-8-17(12-19(14)23)26-13-15(11-20(26)27)21(28)24-16-6-9-18(10-7-16)31(29,30)25-22(2,3)4/h5-10,12,15,25H,11,13H2,1-4H3,(H,24,28). The van der Waals surface area contributed by atoms with Crippen molar-refractivity contribution < 1.29 is 18.0 Å². The van der Waals surface area contributed by atoms with Gasteiger partial charge in [0.05, 0.1) is 10.8 Å². The lowest BCUT2D eigenvalue weighted by molar-refractivity contribution is -0.122. The summed E-state index contributed by atoms with van der Waals surface area (Å²) in [6.45, 7) is 7.41. The van der Waals surface area contributed by atoms with E-state index in [1.54, 1.807) is 31.7 Å². The Balaban J connectivity index is 1.67. The van der Waals surface area contributed by atoms with Crippen LogP contribution in [-0.2, 0) is 19.6 Å². The third-order valence-corrected chi connectivity index (χ3v) is 7.02. The lowest BCUT2D eigenvalue weighted by Crippen LogP contribution is -2.40. The summed E-state index contributed by atoms with van der Waals surface area (Å²) >= 11 is 6.16. The largest absolute Gasteiger partial charge is 0.326 e. The van der Waals surface area contributed by atoms with Crippen molar-refractivity contribution >= 4 is 44.8 Å². The van der Waals surface area contributed by atoms with Gasteiger partial charge in [-0.3, -0.25) is 9.59 Å². The molecule has 166 valence electrons. The fourth-order valence-corrected chi connectivity index (χ4v) is 4.90. The summed E-state index contributed by atoms with van der Waals surface area (Å²) in [5, 5.41) is 3.33. The lowest BCUT2D eigenvalue weighted by atomic mass is 10.1. The Morgan fingerprint density at radius 3 is 2.35 bits per heavy atom. The molecular formula is C22H26ClN3O4S. The Kier molecular flexibility index (Phi) is 6.45. The number of amides is 2. The number of benzene rings is 2. The van der Waals surface area contributed by atoms with Gasteiger partial charge in [-0.25, -0.2) is 13.1 Å². The second-order valence-electron chi connectivity index (χ2n) is 8.71. The monoisotopic (exact) mass is 463 g/mol. The number of rotatable bonds is 5. The zero-order valence-electron chi connectivity index (χ0n) is 17.9. The molecule has 2 N–H and O–H groups in total. The van der Waals surface area contributed by atoms with Gasteiger partial charge in [-0.2, -0.15) is 0 Å². The van der Waals surface area contributed by atoms with Crippen LogP contribution in [0.2, 0.25) is 5.02 Å². The van der Waals surface area contributed by atoms with E-state index in [2.05, 4.69) is 10.0 Å². The van der Waals surface area contributed by atoms with E-state index in [0.29, 0.717) is 16.4 Å². The van der Waals surface area contributed by atoms with Crippen LogP contribution in [0.4, 0.5) is 11.4 Å². The SMILES string of the molecule is Cc1ccc(N2CC(C(=O)Nc3ccc(S(=O)(=O)NC(C)(C)C)cc3)CC2=O)cc1Cl. The van der Waals surface area contributed by atoms with Crippen LogP contribution in [0.1, 0.15) is 32.8 Å². The van der Waals surface area contributed by atoms with Crippen molar-refractivity contribution in [3.63, 3.8) is 0 Å². The summed E-state index contributed by atoms with van der Waals surface area (Å²) in [6, 6.07) is 11.3. The number of nitrogens with one attached hydrogen (secondary N) is 2. The van der Waals surface area contributed by atoms with Crippen LogP contribution in [0.3, 0.4) is 0 Å². The Hall–Kier alpha value is -2.42. The number of sulfonamides is 1. The van der Waals surface area contributed by atoms with Crippen molar-refractivity contribution in [3.05, 3.63) is 53.1 Å². The number of carbonyl (C=O) groups excluding carboxylic acids is 2. The minimum atomic E-state index is -3.66. The fourth-order valence-electron chi connectivity index (χ4n) is 3.31. The van der Waals surface area contributed by atoms with E-state index in [9.17, 15) is 18.0 Å². The van der Waals surface area contributed by atoms with Gasteiger partial charge in [-0.15, -0.1) is 0 Å². The van der Waals surface area contributed by atoms with Gasteiger partial charge in [0.15, 0.2) is 0 Å². The van der Waals surface area contributed by atoms with E-state index < -0.39 is 21.5 Å². The third-order valence-electron chi connectivity index (χ3n) is 4.84. The van der Waals surface area contributed by atoms with Crippen molar-refractivity contribution in [3.8, 4) is 0 Å². The van der Waals surface area contributed by atoms with Gasteiger partial charge in [-0.1, -0.05) is 17.7 Å². The molecule has 1 atom stereocenters. The molecule has 1 aliphatic rings. The zero-order chi connectivity index (χ0) is 23.0. The third kappa shape index (κ3) is 5.64. The summed E-state index contributed by atoms with van der Waals surface area (Å²) in [5.74, 6) is -0.953. The van der Waals surface area contributed by atoms with Gasteiger partial charge in [0.25, 0.3) is 0 Å². The molecule has 3 rings (SSSR count). The number of hydrogen-bond donors (Lipinski definition) is 2. The highest BCUT2D eigenvalue weighted by Crippen LogP contribution is 2.29. The number of aryl methyl sites for hydroxylation is 1. The number of halogens is 1. The second kappa shape index (κ2) is 8.61. The van der Waals surface area contributed by atoms with Crippen LogP contribution in [0.15, 0.2) is 47.4 Å². The van der Waals surface area contributed by atoms with Crippen LogP contribution in [0, 0.1) is 12.8 Å². The van der Waals surface area contributed by atoms with Gasteiger partial charge in [-0.05, 0) is 69.7 Å². The van der Waals surface area contributed by atoms with E-state index in [0.717, 1.165) is 5.56 Å². The van der Waals surface area contributed by atoms with Gasteiger partial charge >= 0.3 is 0 Å². The molecule has 31 heavy (non-hydrogen) atoms. The Morgan fingerprint density at radius 1 is 1.13 bits per heavy atom. The molecule has 1 heterocycles. The summed E-state index contributed by atoms with van der Waals surface area (Å²) in [7, 11) is -3.66. The predicted molar refractivity (Wildman–Crippen MR) is 122 cm³/mol. The molecule has 2 aromatic carbocycles. The highest BCUT2D eigenvalue weighted by Gasteiger charge is 2.35. The maximum Gasteiger partial charge on any atom is 0.241 e. The van der Waals surface area contributed by atoms with Gasteiger partial charge < -0.3 is 10.2 Å². The van der Waals surface area contributed by atoms with Crippen LogP contribution < -0.4 is 14.9 Å². The van der Waals surface area contributed by atoms with E-state index in [-0.39, 0.29) is 29.7 Å². The van der Waals surface area contributed by atoms with Crippen molar-refractivity contribution in [2.75, 3.05) is 16.8 Å². The predicted octanol–water partition coefficient (Wildman–Crippen LogP) is 3.72. The summed E-state index contributed by atoms with van der Waals surface area (Å²) < 4.78 is 27.4. The van der Waals surface area contributed by atoms with E-state index in [4.69, 9.17) is 11.6 Å². The first kappa shape index (κ1) is 23.2. The number of carbonyl (C=O) groups is 2. The molecule has 0 bridgehead atoms. The van der Waals surface area contributed by atoms with Crippen LogP contribution in [0.5, 0.6) is 0 Å². The summed E-state index contributed by atoms with van der Waals surface area (Å²) in [6.07, 6.45) is 0.0965. The molecule has 2 aromatic rings. The summed E-state index contributed by atoms with van der Waals surface area (Å²) in [4.78, 5) is 26.8. The quantitative estimate of drug-likeness (QED) is 0.706. The van der Waals surface area contributed by atoms with Crippen LogP contribution in [0.25, 0.3) is 0 Å². The normalized spacial score (nSPS) is 17.1. The molecule has 0 saturated carbocycles. The van der Waals surface area contributed by atoms with E-state index in [1.165, 1.54) is 24.3 Å². The molecule has 0 spiro atoms. The topological polar surface area (TPSA) is 95.6 Å². The van der Waals surface area contributed by atoms with Gasteiger partial charge in [0.1, 0.15) is 0 Å². The average molecular weight is 464 g/mol. The zero-order valence-corrected chi connectivity index (χ0v) is 19.5. The van der Waals surface area contributed by atoms with Gasteiger partial charge in [0.2, 0.25) is 21.8 Å². The molecule has 0 aliphatic carbocycles. The molecule has 7 nitrogen and oxygen atoms in total. The Bertz CT molecular complexity index is 1110. The first-order valence-corrected chi connectivity index (χ1v) is 11.7.